The standard InChI is InChI=1S/C22H23NO4/c1-3-15(2)19(16-9-5-4-6-10-16)22(26)27-14-13-23-20(24)17-11-7-8-12-18(17)21(23)25/h4-12,15,19H,3,13-14H2,1-2H3. The van der Waals surface area contributed by atoms with Gasteiger partial charge in [0, 0.05) is 0 Å². The van der Waals surface area contributed by atoms with Crippen molar-refractivity contribution in [3.05, 3.63) is 71.3 Å². The van der Waals surface area contributed by atoms with Crippen LogP contribution < -0.4 is 0 Å². The van der Waals surface area contributed by atoms with Crippen molar-refractivity contribution in [3.8, 4) is 0 Å². The fourth-order valence-corrected chi connectivity index (χ4v) is 3.36. The van der Waals surface area contributed by atoms with Crippen LogP contribution in [0.4, 0.5) is 0 Å². The van der Waals surface area contributed by atoms with Crippen molar-refractivity contribution >= 4 is 17.8 Å². The molecule has 140 valence electrons. The fourth-order valence-electron chi connectivity index (χ4n) is 3.36. The highest BCUT2D eigenvalue weighted by Gasteiger charge is 2.35. The first kappa shape index (κ1) is 18.8. The molecule has 1 aliphatic heterocycles. The van der Waals surface area contributed by atoms with Crippen LogP contribution in [0.2, 0.25) is 0 Å². The molecule has 2 aromatic carbocycles. The van der Waals surface area contributed by atoms with E-state index in [2.05, 4.69) is 0 Å². The van der Waals surface area contributed by atoms with Crippen LogP contribution in [-0.4, -0.2) is 35.8 Å². The van der Waals surface area contributed by atoms with Crippen LogP contribution in [0.5, 0.6) is 0 Å². The van der Waals surface area contributed by atoms with Gasteiger partial charge >= 0.3 is 5.97 Å². The lowest BCUT2D eigenvalue weighted by atomic mass is 9.86. The fraction of sp³-hybridized carbons (Fsp3) is 0.318. The molecule has 5 heteroatoms. The second kappa shape index (κ2) is 8.16. The molecule has 0 saturated carbocycles. The molecule has 0 saturated heterocycles. The average molecular weight is 365 g/mol. The smallest absolute Gasteiger partial charge is 0.313 e. The van der Waals surface area contributed by atoms with E-state index >= 15 is 0 Å². The number of benzene rings is 2. The summed E-state index contributed by atoms with van der Waals surface area (Å²) < 4.78 is 5.45. The molecule has 27 heavy (non-hydrogen) atoms. The number of hydrogen-bond acceptors (Lipinski definition) is 4. The first-order chi connectivity index (χ1) is 13.0. The Morgan fingerprint density at radius 2 is 1.52 bits per heavy atom. The summed E-state index contributed by atoms with van der Waals surface area (Å²) in [5.41, 5.74) is 1.71. The summed E-state index contributed by atoms with van der Waals surface area (Å²) in [6.07, 6.45) is 0.840. The Morgan fingerprint density at radius 3 is 2.07 bits per heavy atom. The van der Waals surface area contributed by atoms with Crippen molar-refractivity contribution in [3.63, 3.8) is 0 Å². The zero-order valence-electron chi connectivity index (χ0n) is 15.6. The lowest BCUT2D eigenvalue weighted by molar-refractivity contribution is -0.147. The van der Waals surface area contributed by atoms with Gasteiger partial charge in [-0.05, 0) is 23.6 Å². The van der Waals surface area contributed by atoms with E-state index < -0.39 is 0 Å². The van der Waals surface area contributed by atoms with Crippen molar-refractivity contribution < 1.29 is 19.1 Å². The minimum atomic E-state index is -0.363. The van der Waals surface area contributed by atoms with Crippen LogP contribution in [0.25, 0.3) is 0 Å². The third-order valence-electron chi connectivity index (χ3n) is 5.06. The molecule has 0 bridgehead atoms. The van der Waals surface area contributed by atoms with Crippen molar-refractivity contribution in [2.75, 3.05) is 13.2 Å². The van der Waals surface area contributed by atoms with E-state index in [1.54, 1.807) is 24.3 Å². The lowest BCUT2D eigenvalue weighted by Crippen LogP contribution is -2.34. The minimum absolute atomic E-state index is 0.00985. The van der Waals surface area contributed by atoms with Gasteiger partial charge in [0.2, 0.25) is 0 Å². The number of imide groups is 1. The van der Waals surface area contributed by atoms with E-state index in [1.165, 1.54) is 0 Å². The first-order valence-electron chi connectivity index (χ1n) is 9.21. The van der Waals surface area contributed by atoms with Crippen molar-refractivity contribution in [1.29, 1.82) is 0 Å². The molecule has 1 heterocycles. The van der Waals surface area contributed by atoms with E-state index in [0.717, 1.165) is 16.9 Å². The molecule has 0 aromatic heterocycles. The van der Waals surface area contributed by atoms with Crippen LogP contribution in [0.15, 0.2) is 54.6 Å². The quantitative estimate of drug-likeness (QED) is 0.555. The third kappa shape index (κ3) is 3.77. The van der Waals surface area contributed by atoms with Gasteiger partial charge in [-0.15, -0.1) is 0 Å². The van der Waals surface area contributed by atoms with Gasteiger partial charge in [0.05, 0.1) is 23.6 Å². The maximum Gasteiger partial charge on any atom is 0.313 e. The van der Waals surface area contributed by atoms with Gasteiger partial charge in [-0.1, -0.05) is 62.7 Å². The predicted molar refractivity (Wildman–Crippen MR) is 101 cm³/mol. The van der Waals surface area contributed by atoms with Gasteiger partial charge in [-0.2, -0.15) is 0 Å². The number of nitrogens with zero attached hydrogens (tertiary/aromatic N) is 1. The molecular weight excluding hydrogens is 342 g/mol. The molecule has 0 N–H and O–H groups in total. The van der Waals surface area contributed by atoms with E-state index in [9.17, 15) is 14.4 Å². The molecule has 5 nitrogen and oxygen atoms in total. The maximum absolute atomic E-state index is 12.7. The highest BCUT2D eigenvalue weighted by molar-refractivity contribution is 6.21. The van der Waals surface area contributed by atoms with Gasteiger partial charge in [0.25, 0.3) is 11.8 Å². The number of amides is 2. The number of fused-ring (bicyclic) bond motifs is 1. The summed E-state index contributed by atoms with van der Waals surface area (Å²) in [6.45, 7) is 4.10. The van der Waals surface area contributed by atoms with Crippen LogP contribution in [0.1, 0.15) is 52.5 Å². The highest BCUT2D eigenvalue weighted by Crippen LogP contribution is 2.28. The summed E-state index contributed by atoms with van der Waals surface area (Å²) in [6, 6.07) is 16.3. The zero-order valence-corrected chi connectivity index (χ0v) is 15.6. The van der Waals surface area contributed by atoms with Crippen LogP contribution in [0, 0.1) is 5.92 Å². The molecule has 2 aromatic rings. The molecule has 3 rings (SSSR count). The van der Waals surface area contributed by atoms with E-state index in [0.29, 0.717) is 11.1 Å². The van der Waals surface area contributed by atoms with Gasteiger partial charge < -0.3 is 4.74 Å². The lowest BCUT2D eigenvalue weighted by Gasteiger charge is -2.22. The van der Waals surface area contributed by atoms with Gasteiger partial charge in [0.15, 0.2) is 0 Å². The Balaban J connectivity index is 1.64. The molecular formula is C22H23NO4. The Bertz CT molecular complexity index is 811. The zero-order chi connectivity index (χ0) is 19.4. The van der Waals surface area contributed by atoms with Gasteiger partial charge in [0.1, 0.15) is 6.61 Å². The number of rotatable bonds is 7. The van der Waals surface area contributed by atoms with Crippen LogP contribution >= 0.6 is 0 Å². The summed E-state index contributed by atoms with van der Waals surface area (Å²) >= 11 is 0. The highest BCUT2D eigenvalue weighted by atomic mass is 16.5. The molecule has 0 fully saturated rings. The van der Waals surface area contributed by atoms with E-state index in [4.69, 9.17) is 4.74 Å². The summed E-state index contributed by atoms with van der Waals surface area (Å²) in [5.74, 6) is -1.24. The summed E-state index contributed by atoms with van der Waals surface area (Å²) in [4.78, 5) is 38.5. The van der Waals surface area contributed by atoms with Gasteiger partial charge in [-0.25, -0.2) is 0 Å². The van der Waals surface area contributed by atoms with Crippen LogP contribution in [-0.2, 0) is 9.53 Å². The molecule has 0 radical (unpaired) electrons. The number of hydrogen-bond donors (Lipinski definition) is 0. The van der Waals surface area contributed by atoms with E-state index in [-0.39, 0.29) is 42.8 Å². The van der Waals surface area contributed by atoms with Crippen molar-refractivity contribution in [1.82, 2.24) is 4.90 Å². The molecule has 2 amide bonds. The number of esters is 1. The Kier molecular flexibility index (Phi) is 5.69. The van der Waals surface area contributed by atoms with Crippen molar-refractivity contribution in [2.45, 2.75) is 26.2 Å². The second-order valence-corrected chi connectivity index (χ2v) is 6.75. The van der Waals surface area contributed by atoms with Crippen LogP contribution in [0.3, 0.4) is 0 Å². The van der Waals surface area contributed by atoms with Crippen molar-refractivity contribution in [2.24, 2.45) is 5.92 Å². The largest absolute Gasteiger partial charge is 0.463 e. The summed E-state index contributed by atoms with van der Waals surface area (Å²) in [5, 5.41) is 0. The molecule has 0 aliphatic carbocycles. The molecule has 0 spiro atoms. The Labute approximate surface area is 158 Å². The SMILES string of the molecule is CCC(C)C(C(=O)OCCN1C(=O)c2ccccc2C1=O)c1ccccc1. The molecule has 2 unspecified atom stereocenters. The number of carbonyl (C=O) groups excluding carboxylic acids is 3. The third-order valence-corrected chi connectivity index (χ3v) is 5.06. The monoisotopic (exact) mass is 365 g/mol. The summed E-state index contributed by atoms with van der Waals surface area (Å²) in [7, 11) is 0. The molecule has 1 aliphatic rings. The Hall–Kier alpha value is -2.95. The topological polar surface area (TPSA) is 63.7 Å². The maximum atomic E-state index is 12.7. The number of ether oxygens (including phenoxy) is 1. The van der Waals surface area contributed by atoms with Gasteiger partial charge in [-0.3, -0.25) is 19.3 Å². The average Bonchev–Trinajstić information content (AvgIpc) is 2.94. The predicted octanol–water partition coefficient (Wildman–Crippen LogP) is 3.66. The van der Waals surface area contributed by atoms with E-state index in [1.807, 2.05) is 44.2 Å². The second-order valence-electron chi connectivity index (χ2n) is 6.75. The number of carbonyl (C=O) groups is 3. The Morgan fingerprint density at radius 1 is 0.963 bits per heavy atom. The minimum Gasteiger partial charge on any atom is -0.463 e. The first-order valence-corrected chi connectivity index (χ1v) is 9.21. The molecule has 2 atom stereocenters. The normalized spacial score (nSPS) is 15.4.